The number of carbonyl (C=O) groups is 2. The molecule has 4 rings (SSSR count). The van der Waals surface area contributed by atoms with E-state index in [2.05, 4.69) is 5.32 Å². The number of carbonyl (C=O) groups excluding carboxylic acids is 2. The summed E-state index contributed by atoms with van der Waals surface area (Å²) in [5.41, 5.74) is 2.98. The molecule has 1 N–H and O–H groups in total. The first-order valence-electron chi connectivity index (χ1n) is 12.7. The van der Waals surface area contributed by atoms with Crippen LogP contribution in [0.15, 0.2) is 115 Å². The Labute approximate surface area is 229 Å². The van der Waals surface area contributed by atoms with Gasteiger partial charge in [-0.05, 0) is 47.4 Å². The topological polar surface area (TPSA) is 58.6 Å². The van der Waals surface area contributed by atoms with E-state index in [0.29, 0.717) is 30.2 Å². The van der Waals surface area contributed by atoms with Crippen LogP contribution in [0.5, 0.6) is 5.75 Å². The lowest BCUT2D eigenvalue weighted by atomic mass is 10.0. The van der Waals surface area contributed by atoms with Crippen LogP contribution < -0.4 is 10.1 Å². The molecule has 0 fully saturated rings. The van der Waals surface area contributed by atoms with Gasteiger partial charge in [-0.25, -0.2) is 0 Å². The summed E-state index contributed by atoms with van der Waals surface area (Å²) >= 11 is 6.09. The monoisotopic (exact) mass is 526 g/mol. The molecule has 0 aliphatic carbocycles. The number of nitrogens with zero attached hydrogens (tertiary/aromatic N) is 1. The first-order chi connectivity index (χ1) is 18.6. The fraction of sp³-hybridized carbons (Fsp3) is 0.188. The normalized spacial score (nSPS) is 11.4. The number of rotatable bonds is 12. The van der Waals surface area contributed by atoms with Crippen LogP contribution in [0.4, 0.5) is 0 Å². The molecule has 0 unspecified atom stereocenters. The summed E-state index contributed by atoms with van der Waals surface area (Å²) in [6, 6.07) is 35.5. The molecule has 2 amide bonds. The van der Waals surface area contributed by atoms with Crippen molar-refractivity contribution in [1.29, 1.82) is 0 Å². The van der Waals surface area contributed by atoms with Crippen molar-refractivity contribution in [3.05, 3.63) is 137 Å². The van der Waals surface area contributed by atoms with Crippen LogP contribution >= 0.6 is 11.6 Å². The van der Waals surface area contributed by atoms with E-state index in [4.69, 9.17) is 16.3 Å². The molecule has 38 heavy (non-hydrogen) atoms. The third-order valence-corrected chi connectivity index (χ3v) is 6.45. The molecule has 0 spiro atoms. The first-order valence-corrected chi connectivity index (χ1v) is 13.0. The fourth-order valence-electron chi connectivity index (χ4n) is 4.18. The molecule has 5 nitrogen and oxygen atoms in total. The number of nitrogens with one attached hydrogen (secondary N) is 1. The van der Waals surface area contributed by atoms with Gasteiger partial charge >= 0.3 is 0 Å². The van der Waals surface area contributed by atoms with Crippen molar-refractivity contribution >= 4 is 23.4 Å². The molecule has 0 aliphatic heterocycles. The van der Waals surface area contributed by atoms with Gasteiger partial charge in [-0.1, -0.05) is 103 Å². The zero-order valence-corrected chi connectivity index (χ0v) is 21.9. The van der Waals surface area contributed by atoms with Crippen LogP contribution in [0.25, 0.3) is 0 Å². The summed E-state index contributed by atoms with van der Waals surface area (Å²) in [6.07, 6.45) is 1.08. The molecule has 4 aromatic rings. The van der Waals surface area contributed by atoms with Crippen molar-refractivity contribution in [3.63, 3.8) is 0 Å². The predicted molar refractivity (Wildman–Crippen MR) is 151 cm³/mol. The molecular formula is C32H31ClN2O3. The van der Waals surface area contributed by atoms with E-state index in [0.717, 1.165) is 16.7 Å². The Morgan fingerprint density at radius 1 is 0.737 bits per heavy atom. The van der Waals surface area contributed by atoms with Crippen molar-refractivity contribution in [1.82, 2.24) is 10.2 Å². The van der Waals surface area contributed by atoms with E-state index >= 15 is 0 Å². The minimum atomic E-state index is -0.726. The van der Waals surface area contributed by atoms with E-state index in [-0.39, 0.29) is 25.0 Å². The Kier molecular flexibility index (Phi) is 9.94. The number of hydrogen-bond acceptors (Lipinski definition) is 3. The van der Waals surface area contributed by atoms with Gasteiger partial charge in [0.05, 0.1) is 0 Å². The van der Waals surface area contributed by atoms with Crippen molar-refractivity contribution in [2.24, 2.45) is 0 Å². The summed E-state index contributed by atoms with van der Waals surface area (Å²) in [7, 11) is 0. The van der Waals surface area contributed by atoms with Gasteiger partial charge in [0.1, 0.15) is 11.8 Å². The van der Waals surface area contributed by atoms with Gasteiger partial charge in [0.15, 0.2) is 6.61 Å². The van der Waals surface area contributed by atoms with Gasteiger partial charge in [-0.3, -0.25) is 9.59 Å². The quantitative estimate of drug-likeness (QED) is 0.257. The highest BCUT2D eigenvalue weighted by Crippen LogP contribution is 2.18. The lowest BCUT2D eigenvalue weighted by Crippen LogP contribution is -2.52. The molecule has 0 heterocycles. The van der Waals surface area contributed by atoms with E-state index in [1.54, 1.807) is 29.2 Å². The molecule has 0 aromatic heterocycles. The minimum absolute atomic E-state index is 0.180. The van der Waals surface area contributed by atoms with Gasteiger partial charge in [-0.15, -0.1) is 0 Å². The molecule has 4 aromatic carbocycles. The van der Waals surface area contributed by atoms with Crippen LogP contribution in [-0.4, -0.2) is 35.9 Å². The molecule has 1 atom stereocenters. The summed E-state index contributed by atoms with van der Waals surface area (Å²) in [5, 5.41) is 3.67. The molecular weight excluding hydrogens is 496 g/mol. The number of hydrogen-bond donors (Lipinski definition) is 1. The second-order valence-electron chi connectivity index (χ2n) is 8.98. The van der Waals surface area contributed by atoms with Crippen molar-refractivity contribution < 1.29 is 14.3 Å². The molecule has 194 valence electrons. The number of amides is 2. The average molecular weight is 527 g/mol. The smallest absolute Gasteiger partial charge is 0.261 e. The Hall–Kier alpha value is -4.09. The fourth-order valence-corrected chi connectivity index (χ4v) is 4.30. The van der Waals surface area contributed by atoms with E-state index in [9.17, 15) is 9.59 Å². The standard InChI is InChI=1S/C32H31ClN2O3/c33-28-18-16-27(17-19-28)23-35(31(36)24-38-29-14-8-3-9-15-29)30(22-26-12-6-2-7-13-26)32(37)34-21-20-25-10-4-1-5-11-25/h1-19,30H,20-24H2,(H,34,37)/t30-/m0/s1. The molecule has 0 saturated carbocycles. The highest BCUT2D eigenvalue weighted by molar-refractivity contribution is 6.30. The van der Waals surface area contributed by atoms with Crippen molar-refractivity contribution in [2.45, 2.75) is 25.4 Å². The average Bonchev–Trinajstić information content (AvgIpc) is 2.96. The third kappa shape index (κ3) is 8.22. The predicted octanol–water partition coefficient (Wildman–Crippen LogP) is 5.72. The zero-order chi connectivity index (χ0) is 26.6. The van der Waals surface area contributed by atoms with E-state index < -0.39 is 6.04 Å². The zero-order valence-electron chi connectivity index (χ0n) is 21.1. The maximum absolute atomic E-state index is 13.6. The third-order valence-electron chi connectivity index (χ3n) is 6.20. The Balaban J connectivity index is 1.56. The van der Waals surface area contributed by atoms with Gasteiger partial charge in [0, 0.05) is 24.5 Å². The van der Waals surface area contributed by atoms with Gasteiger partial charge < -0.3 is 15.0 Å². The Bertz CT molecular complexity index is 1280. The van der Waals surface area contributed by atoms with Crippen LogP contribution in [0.2, 0.25) is 5.02 Å². The molecule has 0 saturated heterocycles. The summed E-state index contributed by atoms with van der Waals surface area (Å²) in [6.45, 7) is 0.537. The largest absolute Gasteiger partial charge is 0.484 e. The van der Waals surface area contributed by atoms with Crippen molar-refractivity contribution in [2.75, 3.05) is 13.2 Å². The Morgan fingerprint density at radius 3 is 1.95 bits per heavy atom. The summed E-state index contributed by atoms with van der Waals surface area (Å²) < 4.78 is 5.78. The summed E-state index contributed by atoms with van der Waals surface area (Å²) in [4.78, 5) is 28.9. The molecule has 6 heteroatoms. The SMILES string of the molecule is O=C(NCCc1ccccc1)[C@H](Cc1ccccc1)N(Cc1ccc(Cl)cc1)C(=O)COc1ccccc1. The second kappa shape index (κ2) is 14.0. The molecule has 0 aliphatic rings. The maximum Gasteiger partial charge on any atom is 0.261 e. The second-order valence-corrected chi connectivity index (χ2v) is 9.42. The molecule has 0 radical (unpaired) electrons. The highest BCUT2D eigenvalue weighted by Gasteiger charge is 2.30. The van der Waals surface area contributed by atoms with E-state index in [1.165, 1.54) is 0 Å². The number of ether oxygens (including phenoxy) is 1. The number of benzene rings is 4. The van der Waals surface area contributed by atoms with Crippen LogP contribution in [0.1, 0.15) is 16.7 Å². The van der Waals surface area contributed by atoms with Gasteiger partial charge in [0.2, 0.25) is 5.91 Å². The van der Waals surface area contributed by atoms with Crippen LogP contribution in [0.3, 0.4) is 0 Å². The van der Waals surface area contributed by atoms with Crippen molar-refractivity contribution in [3.8, 4) is 5.75 Å². The highest BCUT2D eigenvalue weighted by atomic mass is 35.5. The lowest BCUT2D eigenvalue weighted by Gasteiger charge is -2.31. The number of para-hydroxylation sites is 1. The lowest BCUT2D eigenvalue weighted by molar-refractivity contribution is -0.142. The van der Waals surface area contributed by atoms with Crippen LogP contribution in [-0.2, 0) is 29.0 Å². The van der Waals surface area contributed by atoms with Gasteiger partial charge in [-0.2, -0.15) is 0 Å². The maximum atomic E-state index is 13.6. The van der Waals surface area contributed by atoms with Crippen LogP contribution in [0, 0.1) is 0 Å². The molecule has 0 bridgehead atoms. The van der Waals surface area contributed by atoms with Gasteiger partial charge in [0.25, 0.3) is 5.91 Å². The number of halogens is 1. The Morgan fingerprint density at radius 2 is 1.32 bits per heavy atom. The minimum Gasteiger partial charge on any atom is -0.484 e. The van der Waals surface area contributed by atoms with E-state index in [1.807, 2.05) is 91.0 Å². The summed E-state index contributed by atoms with van der Waals surface area (Å²) in [5.74, 6) is 0.119. The first kappa shape index (κ1) is 27.0.